The van der Waals surface area contributed by atoms with Crippen LogP contribution in [0.5, 0.6) is 0 Å². The van der Waals surface area contributed by atoms with Crippen LogP contribution in [0.4, 0.5) is 0 Å². The Balaban J connectivity index is 1.65. The fraction of sp³-hybridized carbons (Fsp3) is 0.435. The van der Waals surface area contributed by atoms with Crippen LogP contribution < -0.4 is 5.32 Å². The van der Waals surface area contributed by atoms with Crippen LogP contribution in [-0.2, 0) is 30.5 Å². The number of aryl methyl sites for hydroxylation is 3. The Morgan fingerprint density at radius 2 is 1.64 bits per heavy atom. The van der Waals surface area contributed by atoms with E-state index in [1.54, 1.807) is 0 Å². The number of hydrogen-bond donors (Lipinski definition) is 1. The lowest BCUT2D eigenvalue weighted by atomic mass is 9.88. The molecule has 1 atom stereocenters. The molecule has 2 heteroatoms. The molecular weight excluding hydrogens is 306 g/mol. The van der Waals surface area contributed by atoms with Crippen LogP contribution in [0.2, 0.25) is 0 Å². The van der Waals surface area contributed by atoms with Gasteiger partial charge in [-0.1, -0.05) is 56.3 Å². The molecule has 1 amide bonds. The van der Waals surface area contributed by atoms with Crippen molar-refractivity contribution in [3.05, 3.63) is 70.3 Å². The minimum absolute atomic E-state index is 0.105. The molecule has 0 unspecified atom stereocenters. The van der Waals surface area contributed by atoms with Crippen LogP contribution in [0.25, 0.3) is 0 Å². The number of benzene rings is 2. The third-order valence-electron chi connectivity index (χ3n) is 5.31. The van der Waals surface area contributed by atoms with Crippen LogP contribution in [0.15, 0.2) is 42.5 Å². The monoisotopic (exact) mass is 335 g/mol. The normalized spacial score (nSPS) is 14.6. The molecule has 0 bridgehead atoms. The van der Waals surface area contributed by atoms with Crippen molar-refractivity contribution in [2.75, 3.05) is 0 Å². The third-order valence-corrected chi connectivity index (χ3v) is 5.31. The van der Waals surface area contributed by atoms with Gasteiger partial charge in [0.2, 0.25) is 5.91 Å². The summed E-state index contributed by atoms with van der Waals surface area (Å²) < 4.78 is 0. The minimum Gasteiger partial charge on any atom is -0.349 e. The molecule has 0 radical (unpaired) electrons. The van der Waals surface area contributed by atoms with E-state index >= 15 is 0 Å². The third kappa shape index (κ3) is 4.50. The second kappa shape index (κ2) is 8.33. The van der Waals surface area contributed by atoms with E-state index in [9.17, 15) is 4.79 Å². The Hall–Kier alpha value is -2.09. The molecule has 3 rings (SSSR count). The first-order chi connectivity index (χ1) is 12.2. The van der Waals surface area contributed by atoms with Gasteiger partial charge in [-0.05, 0) is 66.3 Å². The minimum atomic E-state index is 0.105. The van der Waals surface area contributed by atoms with Crippen LogP contribution in [-0.4, -0.2) is 5.91 Å². The zero-order chi connectivity index (χ0) is 17.6. The van der Waals surface area contributed by atoms with Crippen LogP contribution >= 0.6 is 0 Å². The van der Waals surface area contributed by atoms with Crippen molar-refractivity contribution in [1.82, 2.24) is 5.32 Å². The van der Waals surface area contributed by atoms with Crippen molar-refractivity contribution < 1.29 is 4.79 Å². The summed E-state index contributed by atoms with van der Waals surface area (Å²) in [4.78, 5) is 12.5. The first-order valence-corrected chi connectivity index (χ1v) is 9.68. The molecule has 2 nitrogen and oxygen atoms in total. The summed E-state index contributed by atoms with van der Waals surface area (Å²) in [6.45, 7) is 4.28. The van der Waals surface area contributed by atoms with Crippen LogP contribution in [0.3, 0.4) is 0 Å². The molecule has 0 aliphatic heterocycles. The van der Waals surface area contributed by atoms with Gasteiger partial charge in [0.05, 0.1) is 12.5 Å². The van der Waals surface area contributed by atoms with E-state index in [0.717, 1.165) is 18.4 Å². The van der Waals surface area contributed by atoms with Crippen molar-refractivity contribution in [1.29, 1.82) is 0 Å². The first-order valence-electron chi connectivity index (χ1n) is 9.68. The van der Waals surface area contributed by atoms with E-state index in [1.165, 1.54) is 47.9 Å². The predicted molar refractivity (Wildman–Crippen MR) is 104 cm³/mol. The van der Waals surface area contributed by atoms with E-state index in [1.807, 2.05) is 0 Å². The topological polar surface area (TPSA) is 29.1 Å². The Kier molecular flexibility index (Phi) is 5.91. The molecule has 2 aromatic rings. The van der Waals surface area contributed by atoms with Gasteiger partial charge in [0, 0.05) is 0 Å². The quantitative estimate of drug-likeness (QED) is 0.796. The highest BCUT2D eigenvalue weighted by Gasteiger charge is 2.16. The molecule has 0 heterocycles. The summed E-state index contributed by atoms with van der Waals surface area (Å²) in [7, 11) is 0. The fourth-order valence-electron chi connectivity index (χ4n) is 3.71. The molecule has 0 fully saturated rings. The highest BCUT2D eigenvalue weighted by atomic mass is 16.1. The van der Waals surface area contributed by atoms with Gasteiger partial charge >= 0.3 is 0 Å². The summed E-state index contributed by atoms with van der Waals surface area (Å²) in [5, 5.41) is 3.23. The molecule has 0 saturated carbocycles. The van der Waals surface area contributed by atoms with Crippen LogP contribution in [0, 0.1) is 0 Å². The Bertz CT molecular complexity index is 717. The molecule has 1 N–H and O–H groups in total. The van der Waals surface area contributed by atoms with Crippen LogP contribution in [0.1, 0.15) is 67.0 Å². The summed E-state index contributed by atoms with van der Waals surface area (Å²) in [5.74, 6) is 0.105. The highest BCUT2D eigenvalue weighted by Crippen LogP contribution is 2.26. The molecule has 0 saturated heterocycles. The van der Waals surface area contributed by atoms with Gasteiger partial charge in [-0.25, -0.2) is 0 Å². The molecule has 0 aromatic heterocycles. The van der Waals surface area contributed by atoms with Gasteiger partial charge < -0.3 is 5.32 Å². The SMILES string of the molecule is CCc1ccc(CC(=O)N[C@H](CC)c2ccc3c(c2)CCCC3)cc1. The largest absolute Gasteiger partial charge is 0.349 e. The molecular formula is C23H29NO. The predicted octanol–water partition coefficient (Wildman–Crippen LogP) is 4.94. The lowest BCUT2D eigenvalue weighted by Gasteiger charge is -2.22. The van der Waals surface area contributed by atoms with E-state index in [-0.39, 0.29) is 11.9 Å². The summed E-state index contributed by atoms with van der Waals surface area (Å²) >= 11 is 0. The van der Waals surface area contributed by atoms with Gasteiger partial charge in [-0.3, -0.25) is 4.79 Å². The number of nitrogens with one attached hydrogen (secondary N) is 1. The van der Waals surface area contributed by atoms with Crippen molar-refractivity contribution in [3.63, 3.8) is 0 Å². The second-order valence-corrected chi connectivity index (χ2v) is 7.11. The van der Waals surface area contributed by atoms with E-state index < -0.39 is 0 Å². The van der Waals surface area contributed by atoms with Gasteiger partial charge in [0.15, 0.2) is 0 Å². The summed E-state index contributed by atoms with van der Waals surface area (Å²) in [6.07, 6.45) is 7.36. The maximum Gasteiger partial charge on any atom is 0.224 e. The summed E-state index contributed by atoms with van der Waals surface area (Å²) in [5.41, 5.74) is 6.61. The average Bonchev–Trinajstić information content (AvgIpc) is 2.66. The Morgan fingerprint density at radius 3 is 2.32 bits per heavy atom. The number of carbonyl (C=O) groups is 1. The maximum atomic E-state index is 12.5. The lowest BCUT2D eigenvalue weighted by molar-refractivity contribution is -0.121. The molecule has 1 aliphatic carbocycles. The average molecular weight is 335 g/mol. The maximum absolute atomic E-state index is 12.5. The molecule has 25 heavy (non-hydrogen) atoms. The van der Waals surface area contributed by atoms with Gasteiger partial charge in [0.25, 0.3) is 0 Å². The van der Waals surface area contributed by atoms with Gasteiger partial charge in [-0.15, -0.1) is 0 Å². The molecule has 132 valence electrons. The second-order valence-electron chi connectivity index (χ2n) is 7.11. The highest BCUT2D eigenvalue weighted by molar-refractivity contribution is 5.79. The van der Waals surface area contributed by atoms with Crippen molar-refractivity contribution >= 4 is 5.91 Å². The zero-order valence-corrected chi connectivity index (χ0v) is 15.5. The number of hydrogen-bond acceptors (Lipinski definition) is 1. The number of carbonyl (C=O) groups excluding carboxylic acids is 1. The standard InChI is InChI=1S/C23H29NO/c1-3-17-9-11-18(12-10-17)15-23(25)24-22(4-2)21-14-13-19-7-5-6-8-20(19)16-21/h9-14,16,22H,3-8,15H2,1-2H3,(H,24,25)/t22-/m1/s1. The first kappa shape index (κ1) is 17.7. The van der Waals surface area contributed by atoms with Crippen molar-refractivity contribution in [2.45, 2.75) is 64.8 Å². The van der Waals surface area contributed by atoms with E-state index in [4.69, 9.17) is 0 Å². The van der Waals surface area contributed by atoms with Crippen molar-refractivity contribution in [3.8, 4) is 0 Å². The van der Waals surface area contributed by atoms with Gasteiger partial charge in [-0.2, -0.15) is 0 Å². The molecule has 0 spiro atoms. The van der Waals surface area contributed by atoms with E-state index in [2.05, 4.69) is 61.6 Å². The number of amides is 1. The van der Waals surface area contributed by atoms with E-state index in [0.29, 0.717) is 6.42 Å². The number of fused-ring (bicyclic) bond motifs is 1. The fourth-order valence-corrected chi connectivity index (χ4v) is 3.71. The zero-order valence-electron chi connectivity index (χ0n) is 15.5. The Morgan fingerprint density at radius 1 is 0.960 bits per heavy atom. The smallest absolute Gasteiger partial charge is 0.224 e. The molecule has 2 aromatic carbocycles. The Labute approximate surface area is 151 Å². The lowest BCUT2D eigenvalue weighted by Crippen LogP contribution is -2.29. The van der Waals surface area contributed by atoms with Crippen molar-refractivity contribution in [2.24, 2.45) is 0 Å². The van der Waals surface area contributed by atoms with Gasteiger partial charge in [0.1, 0.15) is 0 Å². The number of rotatable bonds is 6. The molecule has 1 aliphatic rings. The summed E-state index contributed by atoms with van der Waals surface area (Å²) in [6, 6.07) is 15.3.